The molecule has 63 heavy (non-hydrogen) atoms. The summed E-state index contributed by atoms with van der Waals surface area (Å²) in [5.74, 6) is 1.72. The van der Waals surface area contributed by atoms with Gasteiger partial charge in [-0.05, 0) is 103 Å². The molecule has 0 saturated heterocycles. The molecule has 0 N–H and O–H groups in total. The Hall–Kier alpha value is -7.32. The molecule has 1 aliphatic heterocycles. The van der Waals surface area contributed by atoms with E-state index in [1.165, 1.54) is 15.8 Å². The van der Waals surface area contributed by atoms with Crippen LogP contribution in [0.1, 0.15) is 22.9 Å². The molecule has 298 valence electrons. The number of nitrogens with zero attached hydrogens (tertiary/aromatic N) is 4. The van der Waals surface area contributed by atoms with Crippen LogP contribution in [-0.2, 0) is 10.8 Å². The van der Waals surface area contributed by atoms with Gasteiger partial charge in [0.25, 0.3) is 0 Å². The molecular weight excluding hydrogens is 809 g/mol. The fraction of sp³-hybridized carbons (Fsp3) is 0.0357. The van der Waals surface area contributed by atoms with Gasteiger partial charge in [0, 0.05) is 44.3 Å². The third-order valence-electron chi connectivity index (χ3n) is 12.3. The molecular formula is C56H36N4OS2. The lowest BCUT2D eigenvalue weighted by Gasteiger charge is -2.21. The van der Waals surface area contributed by atoms with Crippen molar-refractivity contribution in [3.63, 3.8) is 0 Å². The lowest BCUT2D eigenvalue weighted by atomic mass is 9.91. The van der Waals surface area contributed by atoms with E-state index in [0.29, 0.717) is 17.5 Å². The van der Waals surface area contributed by atoms with Crippen LogP contribution >= 0.6 is 11.8 Å². The quantitative estimate of drug-likeness (QED) is 0.159. The molecule has 0 spiro atoms. The molecule has 2 unspecified atom stereocenters. The maximum Gasteiger partial charge on any atom is 0.163 e. The van der Waals surface area contributed by atoms with Gasteiger partial charge in [0.1, 0.15) is 10.9 Å². The van der Waals surface area contributed by atoms with Crippen LogP contribution in [0.3, 0.4) is 0 Å². The average Bonchev–Trinajstić information content (AvgIpc) is 3.68. The number of aromatic nitrogens is 4. The highest BCUT2D eigenvalue weighted by atomic mass is 32.2. The van der Waals surface area contributed by atoms with Crippen molar-refractivity contribution >= 4 is 33.3 Å². The standard InChI is InChI=1S/C56H36N4OS2/c1-63(61)50-33-39(25-27-42(50)41-30-40-16-10-20-49-51(40)48(32-41)46-19-11-29-57-56(46)62-49)38-26-28-44-43-17-8-9-18-45(43)52(47(44)31-38)55-59-53(36-14-6-3-7-15-36)58-54(60-55)37-23-21-35(22-24-37)34-12-4-2-5-13-34/h2-33,52H,1H3. The molecule has 12 rings (SSSR count). The summed E-state index contributed by atoms with van der Waals surface area (Å²) in [6, 6.07) is 65.7. The number of rotatable bonds is 7. The molecule has 0 saturated carbocycles. The highest BCUT2D eigenvalue weighted by Crippen LogP contribution is 2.50. The van der Waals surface area contributed by atoms with Crippen LogP contribution in [0.5, 0.6) is 0 Å². The first-order valence-corrected chi connectivity index (χ1v) is 23.3. The van der Waals surface area contributed by atoms with Crippen LogP contribution in [0.4, 0.5) is 0 Å². The maximum absolute atomic E-state index is 13.7. The normalized spacial score (nSPS) is 13.9. The summed E-state index contributed by atoms with van der Waals surface area (Å²) in [6.07, 6.45) is 3.63. The van der Waals surface area contributed by atoms with Gasteiger partial charge in [-0.2, -0.15) is 0 Å². The van der Waals surface area contributed by atoms with Crippen LogP contribution in [0.15, 0.2) is 209 Å². The van der Waals surface area contributed by atoms with E-state index in [1.54, 1.807) is 18.0 Å². The highest BCUT2D eigenvalue weighted by molar-refractivity contribution is 7.99. The van der Waals surface area contributed by atoms with Gasteiger partial charge in [-0.25, -0.2) is 19.9 Å². The zero-order valence-corrected chi connectivity index (χ0v) is 35.7. The van der Waals surface area contributed by atoms with E-state index in [0.717, 1.165) is 87.6 Å². The average molecular weight is 845 g/mol. The molecule has 10 aromatic rings. The smallest absolute Gasteiger partial charge is 0.163 e. The molecule has 2 aromatic heterocycles. The molecule has 0 bridgehead atoms. The summed E-state index contributed by atoms with van der Waals surface area (Å²) >= 11 is 1.72. The van der Waals surface area contributed by atoms with E-state index in [4.69, 9.17) is 19.9 Å². The first kappa shape index (κ1) is 37.4. The zero-order chi connectivity index (χ0) is 42.0. The molecule has 3 heterocycles. The Morgan fingerprint density at radius 1 is 0.460 bits per heavy atom. The van der Waals surface area contributed by atoms with E-state index in [9.17, 15) is 4.21 Å². The first-order valence-electron chi connectivity index (χ1n) is 20.9. The zero-order valence-electron chi connectivity index (χ0n) is 34.1. The van der Waals surface area contributed by atoms with Gasteiger partial charge in [0.15, 0.2) is 11.6 Å². The summed E-state index contributed by atoms with van der Waals surface area (Å²) < 4.78 is 13.7. The number of hydrogen-bond acceptors (Lipinski definition) is 6. The second-order valence-corrected chi connectivity index (χ2v) is 18.4. The Bertz CT molecular complexity index is 3460. The van der Waals surface area contributed by atoms with Gasteiger partial charge in [0.2, 0.25) is 0 Å². The van der Waals surface area contributed by atoms with Crippen molar-refractivity contribution in [1.29, 1.82) is 0 Å². The van der Waals surface area contributed by atoms with E-state index >= 15 is 0 Å². The maximum atomic E-state index is 13.7. The van der Waals surface area contributed by atoms with Gasteiger partial charge in [0.05, 0.1) is 16.7 Å². The van der Waals surface area contributed by atoms with Gasteiger partial charge in [-0.15, -0.1) is 0 Å². The van der Waals surface area contributed by atoms with E-state index < -0.39 is 10.8 Å². The second-order valence-electron chi connectivity index (χ2n) is 16.0. The van der Waals surface area contributed by atoms with Gasteiger partial charge in [-0.3, -0.25) is 4.21 Å². The number of fused-ring (bicyclic) bond motifs is 5. The summed E-state index contributed by atoms with van der Waals surface area (Å²) in [6.45, 7) is 0. The largest absolute Gasteiger partial charge is 0.255 e. The predicted molar refractivity (Wildman–Crippen MR) is 257 cm³/mol. The molecule has 7 heteroatoms. The fourth-order valence-corrected chi connectivity index (χ4v) is 11.2. The second kappa shape index (κ2) is 15.2. The Morgan fingerprint density at radius 2 is 1.08 bits per heavy atom. The van der Waals surface area contributed by atoms with Crippen LogP contribution in [0, 0.1) is 0 Å². The Morgan fingerprint density at radius 3 is 1.86 bits per heavy atom. The third kappa shape index (κ3) is 6.51. The van der Waals surface area contributed by atoms with Crippen molar-refractivity contribution in [2.75, 3.05) is 6.26 Å². The predicted octanol–water partition coefficient (Wildman–Crippen LogP) is 13.8. The van der Waals surface area contributed by atoms with Crippen molar-refractivity contribution in [2.45, 2.75) is 20.7 Å². The SMILES string of the molecule is CS(=O)c1cc(-c2ccc3c(c2)C(c2nc(-c4ccccc4)nc(-c4ccc(-c5ccccc5)cc4)n2)c2ccccc2-3)ccc1-c1cc2c3c(cccc3c1)Sc1ncccc1-2. The van der Waals surface area contributed by atoms with Crippen molar-refractivity contribution in [3.05, 3.63) is 211 Å². The third-order valence-corrected chi connectivity index (χ3v) is 14.3. The minimum Gasteiger partial charge on any atom is -0.255 e. The van der Waals surface area contributed by atoms with Crippen molar-refractivity contribution in [2.24, 2.45) is 0 Å². The summed E-state index contributed by atoms with van der Waals surface area (Å²) in [5.41, 5.74) is 15.1. The Balaban J connectivity index is 0.976. The minimum absolute atomic E-state index is 0.238. The Labute approximate surface area is 372 Å². The first-order chi connectivity index (χ1) is 31.0. The van der Waals surface area contributed by atoms with Gasteiger partial charge >= 0.3 is 0 Å². The number of benzene rings is 8. The van der Waals surface area contributed by atoms with E-state index in [2.05, 4.69) is 158 Å². The number of hydrogen-bond donors (Lipinski definition) is 0. The Kier molecular flexibility index (Phi) is 9.06. The van der Waals surface area contributed by atoms with Crippen molar-refractivity contribution < 1.29 is 4.21 Å². The molecule has 1 aliphatic carbocycles. The minimum atomic E-state index is -1.27. The summed E-state index contributed by atoms with van der Waals surface area (Å²) in [5, 5.41) is 3.39. The molecule has 0 radical (unpaired) electrons. The fourth-order valence-electron chi connectivity index (χ4n) is 9.28. The summed E-state index contributed by atoms with van der Waals surface area (Å²) in [7, 11) is -1.27. The van der Waals surface area contributed by atoms with Gasteiger partial charge < -0.3 is 0 Å². The van der Waals surface area contributed by atoms with Crippen LogP contribution in [0.25, 0.3) is 89.2 Å². The highest BCUT2D eigenvalue weighted by Gasteiger charge is 2.33. The lowest BCUT2D eigenvalue weighted by molar-refractivity contribution is 0.687. The molecule has 0 fully saturated rings. The van der Waals surface area contributed by atoms with Crippen molar-refractivity contribution in [3.8, 4) is 78.4 Å². The van der Waals surface area contributed by atoms with E-state index in [1.807, 2.05) is 36.5 Å². The topological polar surface area (TPSA) is 68.6 Å². The molecule has 2 aliphatic rings. The van der Waals surface area contributed by atoms with Crippen LogP contribution < -0.4 is 0 Å². The van der Waals surface area contributed by atoms with Crippen molar-refractivity contribution in [1.82, 2.24) is 19.9 Å². The van der Waals surface area contributed by atoms with Crippen LogP contribution in [-0.4, -0.2) is 30.4 Å². The lowest BCUT2D eigenvalue weighted by Crippen LogP contribution is -2.09. The molecule has 5 nitrogen and oxygen atoms in total. The van der Waals surface area contributed by atoms with E-state index in [-0.39, 0.29) is 5.92 Å². The molecule has 0 amide bonds. The molecule has 2 atom stereocenters. The monoisotopic (exact) mass is 844 g/mol. The molecule has 8 aromatic carbocycles. The number of pyridine rings is 1. The van der Waals surface area contributed by atoms with Crippen LogP contribution in [0.2, 0.25) is 0 Å². The summed E-state index contributed by atoms with van der Waals surface area (Å²) in [4.78, 5) is 22.3. The van der Waals surface area contributed by atoms with Gasteiger partial charge in [-0.1, -0.05) is 163 Å².